The summed E-state index contributed by atoms with van der Waals surface area (Å²) < 4.78 is 37.0. The molecule has 0 radical (unpaired) electrons. The second-order valence-electron chi connectivity index (χ2n) is 12.2. The molecule has 1 fully saturated rings. The van der Waals surface area contributed by atoms with Crippen LogP contribution in [0.5, 0.6) is 17.2 Å². The Bertz CT molecular complexity index is 1970. The van der Waals surface area contributed by atoms with Crippen molar-refractivity contribution in [1.29, 1.82) is 0 Å². The van der Waals surface area contributed by atoms with Gasteiger partial charge < -0.3 is 48.9 Å². The quantitative estimate of drug-likeness (QED) is 0.0775. The smallest absolute Gasteiger partial charge is 0.408 e. The highest BCUT2D eigenvalue weighted by molar-refractivity contribution is 8.00. The third-order valence-corrected chi connectivity index (χ3v) is 9.95. The number of thioether (sulfide) groups is 1. The van der Waals surface area contributed by atoms with E-state index in [0.29, 0.717) is 17.1 Å². The Hall–Kier alpha value is -6.27. The number of hydrogen-bond donors (Lipinski definition) is 3. The van der Waals surface area contributed by atoms with Gasteiger partial charge in [-0.3, -0.25) is 19.3 Å². The van der Waals surface area contributed by atoms with E-state index in [1.807, 2.05) is 0 Å². The number of carbonyl (C=O) groups is 6. The molecule has 5 rings (SSSR count). The Balaban J connectivity index is 1.30. The Labute approximate surface area is 325 Å². The van der Waals surface area contributed by atoms with Crippen LogP contribution in [0.1, 0.15) is 29.7 Å². The van der Waals surface area contributed by atoms with E-state index in [1.54, 1.807) is 55.6 Å². The molecule has 3 atom stereocenters. The molecule has 56 heavy (non-hydrogen) atoms. The molecule has 0 saturated carbocycles. The number of carboxylic acid groups (broad SMARTS) is 1. The summed E-state index contributed by atoms with van der Waals surface area (Å²) in [5.41, 5.74) is -0.630. The number of aliphatic carboxylic acids is 1. The lowest BCUT2D eigenvalue weighted by molar-refractivity contribution is -0.193. The lowest BCUT2D eigenvalue weighted by Crippen LogP contribution is -2.81. The normalized spacial score (nSPS) is 17.7. The Morgan fingerprint density at radius 3 is 1.93 bits per heavy atom. The second kappa shape index (κ2) is 18.4. The van der Waals surface area contributed by atoms with E-state index in [4.69, 9.17) is 33.2 Å². The number of hydrogen-bond acceptors (Lipinski definition) is 14. The molecule has 17 nitrogen and oxygen atoms in total. The van der Waals surface area contributed by atoms with Crippen molar-refractivity contribution in [3.8, 4) is 17.2 Å². The summed E-state index contributed by atoms with van der Waals surface area (Å²) in [4.78, 5) is 77.8. The molecule has 3 aromatic carbocycles. The Morgan fingerprint density at radius 2 is 1.39 bits per heavy atom. The number of methoxy groups -OCH3 is 3. The topological polar surface area (TPSA) is 215 Å². The van der Waals surface area contributed by atoms with Crippen LogP contribution in [0.15, 0.2) is 84.1 Å². The maximum atomic E-state index is 14.1. The van der Waals surface area contributed by atoms with Gasteiger partial charge in [0.1, 0.15) is 54.2 Å². The van der Waals surface area contributed by atoms with Gasteiger partial charge in [-0.2, -0.15) is 0 Å². The minimum absolute atomic E-state index is 0.0219. The molecule has 1 unspecified atom stereocenters. The van der Waals surface area contributed by atoms with Crippen LogP contribution in [0.25, 0.3) is 0 Å². The van der Waals surface area contributed by atoms with Crippen LogP contribution in [0.2, 0.25) is 0 Å². The molecule has 0 aliphatic carbocycles. The highest BCUT2D eigenvalue weighted by Crippen LogP contribution is 2.47. The van der Waals surface area contributed by atoms with Crippen LogP contribution in [-0.2, 0) is 56.1 Å². The number of benzene rings is 3. The first kappa shape index (κ1) is 40.9. The largest absolute Gasteiger partial charge is 0.497 e. The van der Waals surface area contributed by atoms with Gasteiger partial charge in [0.15, 0.2) is 6.61 Å². The van der Waals surface area contributed by atoms with Gasteiger partial charge >= 0.3 is 24.0 Å². The zero-order chi connectivity index (χ0) is 40.4. The molecule has 3 N–H and O–H groups in total. The highest BCUT2D eigenvalue weighted by atomic mass is 32.2. The van der Waals surface area contributed by atoms with Crippen molar-refractivity contribution in [2.24, 2.45) is 0 Å². The number of amides is 3. The monoisotopic (exact) mass is 793 g/mol. The zero-order valence-corrected chi connectivity index (χ0v) is 31.5. The van der Waals surface area contributed by atoms with Crippen molar-refractivity contribution < 1.29 is 67.0 Å². The molecule has 0 bridgehead atoms. The van der Waals surface area contributed by atoms with E-state index < -0.39 is 59.6 Å². The molecule has 2 heterocycles. The molecule has 3 amide bonds. The summed E-state index contributed by atoms with van der Waals surface area (Å²) in [6, 6.07) is 18.1. The van der Waals surface area contributed by atoms with Crippen molar-refractivity contribution in [3.63, 3.8) is 0 Å². The SMILES string of the molecule is COc1ccc(COC(=O)COc2ccc(C(NC(=O)OCc3ccc(OC)cc3)C(=O)N[C@]3(OC)C(=O)N4C(C(=O)O)=C(COC(C)=O)CS[C@@H]43)cc2)cc1. The van der Waals surface area contributed by atoms with Gasteiger partial charge in [0.2, 0.25) is 5.91 Å². The van der Waals surface area contributed by atoms with E-state index in [0.717, 1.165) is 22.2 Å². The van der Waals surface area contributed by atoms with Crippen LogP contribution in [-0.4, -0.2) is 97.2 Å². The first-order valence-electron chi connectivity index (χ1n) is 16.9. The van der Waals surface area contributed by atoms with E-state index in [2.05, 4.69) is 10.6 Å². The van der Waals surface area contributed by atoms with E-state index >= 15 is 0 Å². The Morgan fingerprint density at radius 1 is 0.821 bits per heavy atom. The van der Waals surface area contributed by atoms with Crippen molar-refractivity contribution in [2.45, 2.75) is 37.3 Å². The fourth-order valence-corrected chi connectivity index (χ4v) is 7.07. The summed E-state index contributed by atoms with van der Waals surface area (Å²) in [7, 11) is 4.24. The third-order valence-electron chi connectivity index (χ3n) is 8.58. The predicted molar refractivity (Wildman–Crippen MR) is 196 cm³/mol. The highest BCUT2D eigenvalue weighted by Gasteiger charge is 2.67. The maximum absolute atomic E-state index is 14.1. The third kappa shape index (κ3) is 9.50. The van der Waals surface area contributed by atoms with Crippen molar-refractivity contribution in [3.05, 3.63) is 101 Å². The molecule has 0 aromatic heterocycles. The van der Waals surface area contributed by atoms with Crippen LogP contribution in [0.3, 0.4) is 0 Å². The molecule has 3 aromatic rings. The van der Waals surface area contributed by atoms with Gasteiger partial charge in [-0.15, -0.1) is 11.8 Å². The first-order chi connectivity index (χ1) is 26.9. The van der Waals surface area contributed by atoms with Crippen LogP contribution in [0, 0.1) is 0 Å². The van der Waals surface area contributed by atoms with E-state index in [1.165, 1.54) is 45.4 Å². The molecular weight excluding hydrogens is 754 g/mol. The van der Waals surface area contributed by atoms with E-state index in [-0.39, 0.29) is 48.2 Å². The molecule has 0 spiro atoms. The van der Waals surface area contributed by atoms with Gasteiger partial charge in [-0.25, -0.2) is 14.4 Å². The summed E-state index contributed by atoms with van der Waals surface area (Å²) in [5, 5.41) is 14.0. The number of nitrogens with one attached hydrogen (secondary N) is 2. The number of fused-ring (bicyclic) bond motifs is 1. The average molecular weight is 794 g/mol. The van der Waals surface area contributed by atoms with Crippen molar-refractivity contribution in [2.75, 3.05) is 40.3 Å². The number of alkyl carbamates (subject to hydrolysis) is 1. The number of carboxylic acids is 1. The van der Waals surface area contributed by atoms with Crippen molar-refractivity contribution in [1.82, 2.24) is 15.5 Å². The number of ether oxygens (including phenoxy) is 7. The lowest BCUT2D eigenvalue weighted by Gasteiger charge is -2.55. The maximum Gasteiger partial charge on any atom is 0.408 e. The van der Waals surface area contributed by atoms with E-state index in [9.17, 15) is 33.9 Å². The Kier molecular flexibility index (Phi) is 13.4. The zero-order valence-electron chi connectivity index (χ0n) is 30.7. The standard InChI is InChI=1S/C38H39N3O14S/c1-22(42)52-19-26-21-56-36-38(51-4,35(47)41(36)32(26)34(45)46)40-33(44)31(39-37(48)55-18-24-7-13-28(50-3)14-8-24)25-9-15-29(16-10-25)53-20-30(43)54-17-23-5-11-27(49-2)12-6-23/h5-16,31,36H,17-21H2,1-4H3,(H,39,48)(H,40,44)(H,45,46)/t31?,36-,38+/m1/s1. The number of esters is 2. The number of rotatable bonds is 17. The predicted octanol–water partition coefficient (Wildman–Crippen LogP) is 3.07. The summed E-state index contributed by atoms with van der Waals surface area (Å²) >= 11 is 1.09. The molecular formula is C38H39N3O14S. The van der Waals surface area contributed by atoms with Crippen LogP contribution >= 0.6 is 11.8 Å². The van der Waals surface area contributed by atoms with Gasteiger partial charge in [-0.1, -0.05) is 36.4 Å². The molecule has 2 aliphatic rings. The molecule has 296 valence electrons. The minimum atomic E-state index is -2.03. The molecule has 18 heteroatoms. The molecule has 2 aliphatic heterocycles. The van der Waals surface area contributed by atoms with Gasteiger partial charge in [-0.05, 0) is 53.1 Å². The number of nitrogens with zero attached hydrogens (tertiary/aromatic N) is 1. The summed E-state index contributed by atoms with van der Waals surface area (Å²) in [5.74, 6) is -2.95. The fourth-order valence-electron chi connectivity index (χ4n) is 5.65. The van der Waals surface area contributed by atoms with Crippen LogP contribution < -0.4 is 24.8 Å². The molecule has 1 saturated heterocycles. The minimum Gasteiger partial charge on any atom is -0.497 e. The van der Waals surface area contributed by atoms with Crippen molar-refractivity contribution >= 4 is 47.6 Å². The summed E-state index contributed by atoms with van der Waals surface area (Å²) in [6.45, 7) is 0.275. The lowest BCUT2D eigenvalue weighted by atomic mass is 9.97. The van der Waals surface area contributed by atoms with Crippen LogP contribution in [0.4, 0.5) is 4.79 Å². The second-order valence-corrected chi connectivity index (χ2v) is 13.2. The van der Waals surface area contributed by atoms with Gasteiger partial charge in [0.05, 0.1) is 14.2 Å². The first-order valence-corrected chi connectivity index (χ1v) is 17.9. The van der Waals surface area contributed by atoms with Gasteiger partial charge in [0, 0.05) is 25.4 Å². The number of β-lactam (4-membered cyclic amide) rings is 1. The van der Waals surface area contributed by atoms with Gasteiger partial charge in [0.25, 0.3) is 11.6 Å². The summed E-state index contributed by atoms with van der Waals surface area (Å²) in [6.07, 6.45) is -0.979. The fraction of sp³-hybridized carbons (Fsp3) is 0.316. The number of carbonyl (C=O) groups excluding carboxylic acids is 5. The average Bonchev–Trinajstić information content (AvgIpc) is 3.21.